The lowest BCUT2D eigenvalue weighted by atomic mass is 10.2. The van der Waals surface area contributed by atoms with Gasteiger partial charge in [-0.05, 0) is 17.7 Å². The summed E-state index contributed by atoms with van der Waals surface area (Å²) >= 11 is 1.87. The Morgan fingerprint density at radius 2 is 1.88 bits per heavy atom. The Balaban J connectivity index is 1.69. The summed E-state index contributed by atoms with van der Waals surface area (Å²) in [6.07, 6.45) is 0. The second kappa shape index (κ2) is 7.01. The van der Waals surface area contributed by atoms with E-state index in [0.29, 0.717) is 0 Å². The van der Waals surface area contributed by atoms with Crippen molar-refractivity contribution in [2.45, 2.75) is 11.5 Å². The summed E-state index contributed by atoms with van der Waals surface area (Å²) in [4.78, 5) is 3.72. The van der Waals surface area contributed by atoms with Crippen molar-refractivity contribution < 1.29 is 9.84 Å². The molecule has 1 saturated heterocycles. The zero-order valence-corrected chi connectivity index (χ0v) is 10.8. The van der Waals surface area contributed by atoms with Crippen LogP contribution in [-0.2, 0) is 11.3 Å². The standard InChI is InChI=1S/C13H19NO2S/c15-11-12-1-3-13(4-2-12)17-10-7-14-5-8-16-9-6-14/h1-4,15H,5-11H2. The van der Waals surface area contributed by atoms with Crippen LogP contribution >= 0.6 is 11.8 Å². The third-order valence-corrected chi connectivity index (χ3v) is 3.88. The molecule has 0 saturated carbocycles. The molecule has 1 aromatic carbocycles. The van der Waals surface area contributed by atoms with E-state index in [1.54, 1.807) is 0 Å². The van der Waals surface area contributed by atoms with Crippen LogP contribution in [0.2, 0.25) is 0 Å². The molecule has 1 aliphatic rings. The van der Waals surface area contributed by atoms with Gasteiger partial charge in [0.1, 0.15) is 0 Å². The minimum absolute atomic E-state index is 0.124. The highest BCUT2D eigenvalue weighted by Gasteiger charge is 2.09. The normalized spacial score (nSPS) is 17.2. The molecule has 0 unspecified atom stereocenters. The monoisotopic (exact) mass is 253 g/mol. The molecule has 3 nitrogen and oxygen atoms in total. The molecule has 0 spiro atoms. The van der Waals surface area contributed by atoms with E-state index >= 15 is 0 Å². The Morgan fingerprint density at radius 1 is 1.18 bits per heavy atom. The summed E-state index contributed by atoms with van der Waals surface area (Å²) in [5, 5.41) is 8.95. The first-order valence-corrected chi connectivity index (χ1v) is 7.00. The molecule has 0 atom stereocenters. The summed E-state index contributed by atoms with van der Waals surface area (Å²) in [6, 6.07) is 8.12. The van der Waals surface area contributed by atoms with E-state index in [1.165, 1.54) is 4.90 Å². The Kier molecular flexibility index (Phi) is 5.32. The number of thioether (sulfide) groups is 1. The van der Waals surface area contributed by atoms with Gasteiger partial charge in [0.15, 0.2) is 0 Å². The number of ether oxygens (including phenoxy) is 1. The maximum atomic E-state index is 8.95. The van der Waals surface area contributed by atoms with Gasteiger partial charge in [-0.25, -0.2) is 0 Å². The van der Waals surface area contributed by atoms with Gasteiger partial charge in [-0.3, -0.25) is 4.90 Å². The predicted molar refractivity (Wildman–Crippen MR) is 70.3 cm³/mol. The summed E-state index contributed by atoms with van der Waals surface area (Å²) in [5.41, 5.74) is 0.975. The van der Waals surface area contributed by atoms with Crippen LogP contribution in [0.15, 0.2) is 29.2 Å². The lowest BCUT2D eigenvalue weighted by molar-refractivity contribution is 0.0410. The molecular weight excluding hydrogens is 234 g/mol. The van der Waals surface area contributed by atoms with E-state index in [4.69, 9.17) is 9.84 Å². The summed E-state index contributed by atoms with van der Waals surface area (Å²) in [6.45, 7) is 5.11. The van der Waals surface area contributed by atoms with Crippen LogP contribution in [-0.4, -0.2) is 48.6 Å². The van der Waals surface area contributed by atoms with Gasteiger partial charge in [-0.1, -0.05) is 12.1 Å². The molecule has 94 valence electrons. The second-order valence-electron chi connectivity index (χ2n) is 4.10. The molecule has 0 aromatic heterocycles. The Labute approximate surface area is 107 Å². The largest absolute Gasteiger partial charge is 0.392 e. The number of benzene rings is 1. The first-order valence-electron chi connectivity index (χ1n) is 6.01. The fourth-order valence-corrected chi connectivity index (χ4v) is 2.72. The minimum Gasteiger partial charge on any atom is -0.392 e. The smallest absolute Gasteiger partial charge is 0.0681 e. The number of nitrogens with zero attached hydrogens (tertiary/aromatic N) is 1. The first kappa shape index (κ1) is 12.9. The molecule has 0 aliphatic carbocycles. The minimum atomic E-state index is 0.124. The topological polar surface area (TPSA) is 32.7 Å². The number of rotatable bonds is 5. The molecule has 0 amide bonds. The maximum Gasteiger partial charge on any atom is 0.0681 e. The fraction of sp³-hybridized carbons (Fsp3) is 0.538. The lowest BCUT2D eigenvalue weighted by Gasteiger charge is -2.26. The molecular formula is C13H19NO2S. The van der Waals surface area contributed by atoms with Crippen molar-refractivity contribution in [3.63, 3.8) is 0 Å². The molecule has 1 fully saturated rings. The number of hydrogen-bond acceptors (Lipinski definition) is 4. The van der Waals surface area contributed by atoms with Crippen molar-refractivity contribution in [1.82, 2.24) is 4.90 Å². The van der Waals surface area contributed by atoms with Crippen LogP contribution in [0.5, 0.6) is 0 Å². The van der Waals surface area contributed by atoms with Crippen LogP contribution in [0.4, 0.5) is 0 Å². The highest BCUT2D eigenvalue weighted by molar-refractivity contribution is 7.99. The van der Waals surface area contributed by atoms with Crippen LogP contribution in [0, 0.1) is 0 Å². The van der Waals surface area contributed by atoms with Crippen molar-refractivity contribution in [3.05, 3.63) is 29.8 Å². The number of aliphatic hydroxyl groups excluding tert-OH is 1. The van der Waals surface area contributed by atoms with Crippen LogP contribution in [0.3, 0.4) is 0 Å². The number of morpholine rings is 1. The molecule has 1 heterocycles. The Hall–Kier alpha value is -0.550. The summed E-state index contributed by atoms with van der Waals surface area (Å²) < 4.78 is 5.32. The maximum absolute atomic E-state index is 8.95. The van der Waals surface area contributed by atoms with Gasteiger partial charge < -0.3 is 9.84 Å². The van der Waals surface area contributed by atoms with E-state index in [2.05, 4.69) is 17.0 Å². The number of aliphatic hydroxyl groups is 1. The quantitative estimate of drug-likeness (QED) is 0.808. The lowest BCUT2D eigenvalue weighted by Crippen LogP contribution is -2.37. The number of hydrogen-bond donors (Lipinski definition) is 1. The highest BCUT2D eigenvalue weighted by atomic mass is 32.2. The van der Waals surface area contributed by atoms with Gasteiger partial charge in [0, 0.05) is 30.3 Å². The predicted octanol–water partition coefficient (Wildman–Crippen LogP) is 1.60. The van der Waals surface area contributed by atoms with Crippen molar-refractivity contribution >= 4 is 11.8 Å². The molecule has 0 radical (unpaired) electrons. The molecule has 0 bridgehead atoms. The highest BCUT2D eigenvalue weighted by Crippen LogP contribution is 2.18. The van der Waals surface area contributed by atoms with E-state index in [-0.39, 0.29) is 6.61 Å². The Bertz CT molecular complexity index is 323. The summed E-state index contributed by atoms with van der Waals surface area (Å²) in [7, 11) is 0. The van der Waals surface area contributed by atoms with Gasteiger partial charge in [0.25, 0.3) is 0 Å². The first-order chi connectivity index (χ1) is 8.38. The zero-order chi connectivity index (χ0) is 11.9. The van der Waals surface area contributed by atoms with E-state index in [1.807, 2.05) is 23.9 Å². The average Bonchev–Trinajstić information content (AvgIpc) is 2.41. The molecule has 1 aliphatic heterocycles. The second-order valence-corrected chi connectivity index (χ2v) is 5.27. The van der Waals surface area contributed by atoms with E-state index in [0.717, 1.165) is 44.2 Å². The van der Waals surface area contributed by atoms with Crippen LogP contribution in [0.1, 0.15) is 5.56 Å². The van der Waals surface area contributed by atoms with E-state index in [9.17, 15) is 0 Å². The van der Waals surface area contributed by atoms with Gasteiger partial charge in [0.05, 0.1) is 19.8 Å². The molecule has 2 rings (SSSR count). The van der Waals surface area contributed by atoms with Gasteiger partial charge >= 0.3 is 0 Å². The van der Waals surface area contributed by atoms with Gasteiger partial charge in [-0.2, -0.15) is 0 Å². The third kappa shape index (κ3) is 4.32. The average molecular weight is 253 g/mol. The fourth-order valence-electron chi connectivity index (χ4n) is 1.81. The van der Waals surface area contributed by atoms with Crippen LogP contribution in [0.25, 0.3) is 0 Å². The van der Waals surface area contributed by atoms with Crippen LogP contribution < -0.4 is 0 Å². The Morgan fingerprint density at radius 3 is 2.53 bits per heavy atom. The zero-order valence-electron chi connectivity index (χ0n) is 9.97. The third-order valence-electron chi connectivity index (χ3n) is 2.89. The summed E-state index contributed by atoms with van der Waals surface area (Å²) in [5.74, 6) is 1.11. The van der Waals surface area contributed by atoms with Crippen molar-refractivity contribution in [3.8, 4) is 0 Å². The molecule has 1 aromatic rings. The van der Waals surface area contributed by atoms with Gasteiger partial charge in [-0.15, -0.1) is 11.8 Å². The van der Waals surface area contributed by atoms with Crippen molar-refractivity contribution in [2.24, 2.45) is 0 Å². The van der Waals surface area contributed by atoms with Crippen molar-refractivity contribution in [2.75, 3.05) is 38.6 Å². The molecule has 4 heteroatoms. The van der Waals surface area contributed by atoms with E-state index < -0.39 is 0 Å². The van der Waals surface area contributed by atoms with Gasteiger partial charge in [0.2, 0.25) is 0 Å². The van der Waals surface area contributed by atoms with Crippen molar-refractivity contribution in [1.29, 1.82) is 0 Å². The SMILES string of the molecule is OCc1ccc(SCCN2CCOCC2)cc1. The molecule has 1 N–H and O–H groups in total. The molecule has 17 heavy (non-hydrogen) atoms.